The van der Waals surface area contributed by atoms with Gasteiger partial charge in [-0.05, 0) is 0 Å². The molecule has 5 rings (SSSR count). The molecule has 0 aliphatic carbocycles. The third kappa shape index (κ3) is 3.16. The van der Waals surface area contributed by atoms with Crippen molar-refractivity contribution >= 4 is 26.0 Å². The standard InChI is InChI=1S/C19H24AsN3O2/c1-12-17(13-7-9-23(12)10-8-13)22-18(24)19-21-11-16(25-19)14-5-3-4-6-15(14)20-2/h3-6,11-13,17,20H,7-10H2,1-2H3,(H,22,24)/t12-,17-/m0/s1. The van der Waals surface area contributed by atoms with E-state index in [1.165, 1.54) is 17.2 Å². The molecule has 1 aromatic carbocycles. The van der Waals surface area contributed by atoms with E-state index in [1.807, 2.05) is 18.2 Å². The van der Waals surface area contributed by atoms with E-state index < -0.39 is 0 Å². The van der Waals surface area contributed by atoms with Crippen molar-refractivity contribution in [1.29, 1.82) is 0 Å². The summed E-state index contributed by atoms with van der Waals surface area (Å²) >= 11 is -0.196. The fraction of sp³-hybridized carbons (Fsp3) is 0.474. The van der Waals surface area contributed by atoms with E-state index in [1.54, 1.807) is 6.20 Å². The molecule has 3 aliphatic heterocycles. The van der Waals surface area contributed by atoms with E-state index in [9.17, 15) is 4.79 Å². The molecule has 3 aliphatic rings. The summed E-state index contributed by atoms with van der Waals surface area (Å²) in [6.45, 7) is 4.51. The SMILES string of the molecule is C[AsH]c1ccccc1-c1cnc(C(=O)N[C@@H]2C3CCN(CC3)[C@H]2C)o1. The molecular formula is C19H24AsN3O2. The van der Waals surface area contributed by atoms with Gasteiger partial charge in [0.2, 0.25) is 0 Å². The van der Waals surface area contributed by atoms with E-state index >= 15 is 0 Å². The molecule has 3 atom stereocenters. The van der Waals surface area contributed by atoms with Crippen molar-refractivity contribution in [3.05, 3.63) is 36.4 Å². The summed E-state index contributed by atoms with van der Waals surface area (Å²) in [5.41, 5.74) is 3.30. The first kappa shape index (κ1) is 16.9. The number of hydrogen-bond donors (Lipinski definition) is 1. The number of piperidine rings is 3. The summed E-state index contributed by atoms with van der Waals surface area (Å²) in [6.07, 6.45) is 4.01. The van der Waals surface area contributed by atoms with Crippen molar-refractivity contribution in [2.45, 2.75) is 37.6 Å². The molecule has 1 aromatic heterocycles. The third-order valence-electron chi connectivity index (χ3n) is 5.64. The van der Waals surface area contributed by atoms with Crippen LogP contribution in [0.2, 0.25) is 5.71 Å². The Bertz CT molecular complexity index is 766. The molecule has 0 saturated carbocycles. The number of oxazole rings is 1. The zero-order valence-electron chi connectivity index (χ0n) is 14.7. The summed E-state index contributed by atoms with van der Waals surface area (Å²) < 4.78 is 7.13. The monoisotopic (exact) mass is 401 g/mol. The van der Waals surface area contributed by atoms with Crippen molar-refractivity contribution in [2.75, 3.05) is 13.1 Å². The van der Waals surface area contributed by atoms with Crippen LogP contribution in [0.3, 0.4) is 0 Å². The Morgan fingerprint density at radius 1 is 1.32 bits per heavy atom. The average Bonchev–Trinajstić information content (AvgIpc) is 3.15. The van der Waals surface area contributed by atoms with Crippen molar-refractivity contribution in [3.8, 4) is 11.3 Å². The normalized spacial score (nSPS) is 28.6. The van der Waals surface area contributed by atoms with Gasteiger partial charge in [-0.3, -0.25) is 0 Å². The van der Waals surface area contributed by atoms with Gasteiger partial charge in [0.05, 0.1) is 0 Å². The van der Waals surface area contributed by atoms with E-state index in [2.05, 4.69) is 33.9 Å². The number of rotatable bonds is 4. The van der Waals surface area contributed by atoms with Crippen LogP contribution in [0.25, 0.3) is 11.3 Å². The van der Waals surface area contributed by atoms with Crippen molar-refractivity contribution < 1.29 is 9.21 Å². The minimum absolute atomic E-state index is 0.171. The molecule has 2 bridgehead atoms. The van der Waals surface area contributed by atoms with Crippen molar-refractivity contribution in [3.63, 3.8) is 0 Å². The van der Waals surface area contributed by atoms with Gasteiger partial charge in [0, 0.05) is 0 Å². The van der Waals surface area contributed by atoms with Crippen LogP contribution in [0.4, 0.5) is 0 Å². The molecule has 3 fully saturated rings. The van der Waals surface area contributed by atoms with Crippen LogP contribution in [0.15, 0.2) is 34.9 Å². The second-order valence-corrected chi connectivity index (χ2v) is 9.12. The fourth-order valence-corrected chi connectivity index (χ4v) is 5.73. The molecule has 6 heteroatoms. The second-order valence-electron chi connectivity index (χ2n) is 6.94. The number of nitrogens with one attached hydrogen (secondary N) is 1. The first-order chi connectivity index (χ1) is 12.2. The zero-order valence-corrected chi connectivity index (χ0v) is 16.8. The molecule has 1 N–H and O–H groups in total. The summed E-state index contributed by atoms with van der Waals surface area (Å²) in [7, 11) is 0. The van der Waals surface area contributed by atoms with Crippen LogP contribution in [0, 0.1) is 5.92 Å². The van der Waals surface area contributed by atoms with Gasteiger partial charge in [0.1, 0.15) is 0 Å². The first-order valence-corrected chi connectivity index (χ1v) is 12.1. The molecule has 0 radical (unpaired) electrons. The number of hydrogen-bond acceptors (Lipinski definition) is 4. The molecule has 3 saturated heterocycles. The van der Waals surface area contributed by atoms with E-state index in [4.69, 9.17) is 4.42 Å². The Labute approximate surface area is 154 Å². The van der Waals surface area contributed by atoms with Crippen LogP contribution < -0.4 is 9.67 Å². The predicted octanol–water partition coefficient (Wildman–Crippen LogP) is 1.66. The van der Waals surface area contributed by atoms with Crippen LogP contribution in [-0.4, -0.2) is 56.7 Å². The fourth-order valence-electron chi connectivity index (χ4n) is 4.18. The number of amides is 1. The van der Waals surface area contributed by atoms with Gasteiger partial charge >= 0.3 is 155 Å². The quantitative estimate of drug-likeness (QED) is 0.792. The Kier molecular flexibility index (Phi) is 4.70. The maximum atomic E-state index is 12.7. The van der Waals surface area contributed by atoms with Gasteiger partial charge in [-0.15, -0.1) is 0 Å². The second kappa shape index (κ2) is 6.97. The maximum absolute atomic E-state index is 12.7. The first-order valence-electron chi connectivity index (χ1n) is 8.95. The van der Waals surface area contributed by atoms with Gasteiger partial charge in [-0.1, -0.05) is 0 Å². The molecule has 0 spiro atoms. The van der Waals surface area contributed by atoms with Gasteiger partial charge in [0.15, 0.2) is 0 Å². The van der Waals surface area contributed by atoms with E-state index in [-0.39, 0.29) is 33.6 Å². The number of aromatic nitrogens is 1. The summed E-state index contributed by atoms with van der Waals surface area (Å²) in [6, 6.07) is 8.80. The number of carbonyl (C=O) groups excluding carboxylic acids is 1. The minimum atomic E-state index is -0.196. The summed E-state index contributed by atoms with van der Waals surface area (Å²) in [5.74, 6) is 1.24. The van der Waals surface area contributed by atoms with Crippen LogP contribution >= 0.6 is 0 Å². The van der Waals surface area contributed by atoms with Crippen LogP contribution in [0.5, 0.6) is 0 Å². The van der Waals surface area contributed by atoms with Gasteiger partial charge in [0.25, 0.3) is 0 Å². The molecule has 132 valence electrons. The third-order valence-corrected chi connectivity index (χ3v) is 7.68. The molecule has 2 aromatic rings. The summed E-state index contributed by atoms with van der Waals surface area (Å²) in [5, 5.41) is 3.18. The Hall–Kier alpha value is -1.58. The topological polar surface area (TPSA) is 58.4 Å². The van der Waals surface area contributed by atoms with Gasteiger partial charge < -0.3 is 0 Å². The molecule has 4 heterocycles. The molecular weight excluding hydrogens is 377 g/mol. The molecule has 1 unspecified atom stereocenters. The Balaban J connectivity index is 1.51. The zero-order chi connectivity index (χ0) is 17.4. The number of benzene rings is 1. The predicted molar refractivity (Wildman–Crippen MR) is 99.6 cm³/mol. The van der Waals surface area contributed by atoms with E-state index in [0.717, 1.165) is 18.7 Å². The number of fused-ring (bicyclic) bond motifs is 3. The number of nitrogens with zero attached hydrogens (tertiary/aromatic N) is 2. The van der Waals surface area contributed by atoms with Gasteiger partial charge in [-0.25, -0.2) is 0 Å². The van der Waals surface area contributed by atoms with Crippen molar-refractivity contribution in [2.24, 2.45) is 5.92 Å². The van der Waals surface area contributed by atoms with Crippen LogP contribution in [-0.2, 0) is 0 Å². The Morgan fingerprint density at radius 2 is 2.08 bits per heavy atom. The molecule has 1 amide bonds. The van der Waals surface area contributed by atoms with E-state index in [0.29, 0.717) is 17.7 Å². The number of carbonyl (C=O) groups is 1. The molecule has 25 heavy (non-hydrogen) atoms. The summed E-state index contributed by atoms with van der Waals surface area (Å²) in [4.78, 5) is 19.4. The Morgan fingerprint density at radius 3 is 2.80 bits per heavy atom. The average molecular weight is 401 g/mol. The van der Waals surface area contributed by atoms with Crippen LogP contribution in [0.1, 0.15) is 30.5 Å². The van der Waals surface area contributed by atoms with Crippen molar-refractivity contribution in [1.82, 2.24) is 15.2 Å². The van der Waals surface area contributed by atoms with Gasteiger partial charge in [-0.2, -0.15) is 0 Å². The molecule has 5 nitrogen and oxygen atoms in total.